The van der Waals surface area contributed by atoms with Gasteiger partial charge in [0.25, 0.3) is 0 Å². The molecule has 0 saturated carbocycles. The molecule has 26 heavy (non-hydrogen) atoms. The minimum atomic E-state index is -1.34. The molecule has 1 rings (SSSR count). The van der Waals surface area contributed by atoms with Crippen LogP contribution >= 0.6 is 0 Å². The van der Waals surface area contributed by atoms with Crippen molar-refractivity contribution in [3.8, 4) is 0 Å². The normalized spacial score (nSPS) is 28.6. The van der Waals surface area contributed by atoms with E-state index in [1.807, 2.05) is 13.8 Å². The molecule has 1 saturated heterocycles. The molecule has 0 radical (unpaired) electrons. The second kappa shape index (κ2) is 12.2. The molecule has 5 atom stereocenters. The average molecular weight is 375 g/mol. The van der Waals surface area contributed by atoms with Crippen LogP contribution in [0.1, 0.15) is 26.7 Å². The van der Waals surface area contributed by atoms with Crippen molar-refractivity contribution in [2.24, 2.45) is 0 Å². The van der Waals surface area contributed by atoms with Crippen LogP contribution in [0.15, 0.2) is 12.3 Å². The van der Waals surface area contributed by atoms with Crippen molar-refractivity contribution in [2.75, 3.05) is 32.8 Å². The van der Waals surface area contributed by atoms with Crippen molar-refractivity contribution in [3.05, 3.63) is 12.3 Å². The van der Waals surface area contributed by atoms with Gasteiger partial charge in [0.2, 0.25) is 5.91 Å². The van der Waals surface area contributed by atoms with Gasteiger partial charge in [0.05, 0.1) is 19.3 Å². The van der Waals surface area contributed by atoms with Gasteiger partial charge in [-0.25, -0.2) is 0 Å². The predicted octanol–water partition coefficient (Wildman–Crippen LogP) is -1.56. The van der Waals surface area contributed by atoms with Crippen molar-refractivity contribution < 1.29 is 29.6 Å². The number of likely N-dealkylation sites (N-methyl/N-ethyl adjacent to an activating group) is 1. The minimum absolute atomic E-state index is 0.110. The summed E-state index contributed by atoms with van der Waals surface area (Å²) in [5.41, 5.74) is 0.814. The summed E-state index contributed by atoms with van der Waals surface area (Å²) >= 11 is 0. The Kier molecular flexibility index (Phi) is 10.7. The summed E-state index contributed by atoms with van der Waals surface area (Å²) in [4.78, 5) is 11.7. The number of ether oxygens (including phenoxy) is 2. The Morgan fingerprint density at radius 3 is 2.50 bits per heavy atom. The highest BCUT2D eigenvalue weighted by atomic mass is 16.7. The maximum atomic E-state index is 11.7. The number of amides is 1. The van der Waals surface area contributed by atoms with E-state index in [2.05, 4.69) is 22.5 Å². The molecule has 1 aliphatic heterocycles. The molecule has 6 N–H and O–H groups in total. The van der Waals surface area contributed by atoms with Gasteiger partial charge < -0.3 is 40.7 Å². The summed E-state index contributed by atoms with van der Waals surface area (Å²) in [6.07, 6.45) is -4.13. The van der Waals surface area contributed by atoms with E-state index in [1.54, 1.807) is 0 Å². The van der Waals surface area contributed by atoms with Crippen LogP contribution < -0.4 is 16.0 Å². The Balaban J connectivity index is 2.23. The average Bonchev–Trinajstić information content (AvgIpc) is 2.60. The largest absolute Gasteiger partial charge is 0.388 e. The van der Waals surface area contributed by atoms with Crippen molar-refractivity contribution in [2.45, 2.75) is 57.4 Å². The zero-order valence-electron chi connectivity index (χ0n) is 15.6. The van der Waals surface area contributed by atoms with Crippen LogP contribution in [0.5, 0.6) is 0 Å². The number of aliphatic hydroxyl groups excluding tert-OH is 3. The summed E-state index contributed by atoms with van der Waals surface area (Å²) in [6, 6.07) is 0. The summed E-state index contributed by atoms with van der Waals surface area (Å²) < 4.78 is 10.9. The number of carbonyl (C=O) groups is 1. The zero-order valence-corrected chi connectivity index (χ0v) is 15.6. The van der Waals surface area contributed by atoms with E-state index in [4.69, 9.17) is 9.47 Å². The molecule has 9 nitrogen and oxygen atoms in total. The first-order chi connectivity index (χ1) is 12.4. The molecule has 0 aromatic heterocycles. The number of aliphatic hydroxyl groups is 3. The number of rotatable bonds is 12. The molecule has 9 heteroatoms. The quantitative estimate of drug-likeness (QED) is 0.226. The molecule has 0 spiro atoms. The van der Waals surface area contributed by atoms with Gasteiger partial charge in [-0.1, -0.05) is 19.9 Å². The zero-order chi connectivity index (χ0) is 19.5. The predicted molar refractivity (Wildman–Crippen MR) is 96.2 cm³/mol. The van der Waals surface area contributed by atoms with Crippen LogP contribution in [-0.4, -0.2) is 84.7 Å². The maximum absolute atomic E-state index is 11.7. The number of hydrogen-bond donors (Lipinski definition) is 6. The fraction of sp³-hybridized carbons (Fsp3) is 0.824. The van der Waals surface area contributed by atoms with Gasteiger partial charge in [-0.05, 0) is 13.3 Å². The van der Waals surface area contributed by atoms with Crippen LogP contribution in [0.4, 0.5) is 0 Å². The number of hydrogen-bond acceptors (Lipinski definition) is 8. The Hall–Kier alpha value is -1.23. The van der Waals surface area contributed by atoms with Crippen molar-refractivity contribution in [1.82, 2.24) is 16.0 Å². The Morgan fingerprint density at radius 1 is 1.12 bits per heavy atom. The number of nitrogens with one attached hydrogen (secondary N) is 3. The lowest BCUT2D eigenvalue weighted by molar-refractivity contribution is -0.297. The minimum Gasteiger partial charge on any atom is -0.388 e. The van der Waals surface area contributed by atoms with Crippen LogP contribution in [0, 0.1) is 0 Å². The fourth-order valence-corrected chi connectivity index (χ4v) is 2.64. The highest BCUT2D eigenvalue weighted by Gasteiger charge is 2.43. The lowest BCUT2D eigenvalue weighted by atomic mass is 9.96. The van der Waals surface area contributed by atoms with E-state index in [1.165, 1.54) is 0 Å². The highest BCUT2D eigenvalue weighted by Crippen LogP contribution is 2.24. The first kappa shape index (κ1) is 22.8. The lowest BCUT2D eigenvalue weighted by Gasteiger charge is -2.40. The van der Waals surface area contributed by atoms with E-state index in [0.717, 1.165) is 18.7 Å². The van der Waals surface area contributed by atoms with Crippen LogP contribution in [-0.2, 0) is 14.3 Å². The third-order valence-corrected chi connectivity index (χ3v) is 4.00. The molecule has 1 fully saturated rings. The van der Waals surface area contributed by atoms with Crippen LogP contribution in [0.2, 0.25) is 0 Å². The number of carbonyl (C=O) groups excluding carboxylic acids is 1. The smallest absolute Gasteiger partial charge is 0.234 e. The summed E-state index contributed by atoms with van der Waals surface area (Å²) in [6.45, 7) is 9.48. The van der Waals surface area contributed by atoms with E-state index in [9.17, 15) is 20.1 Å². The van der Waals surface area contributed by atoms with Crippen molar-refractivity contribution in [3.63, 3.8) is 0 Å². The second-order valence-corrected chi connectivity index (χ2v) is 6.26. The molecule has 0 aliphatic carbocycles. The van der Waals surface area contributed by atoms with Gasteiger partial charge in [0, 0.05) is 25.3 Å². The van der Waals surface area contributed by atoms with Crippen LogP contribution in [0.3, 0.4) is 0 Å². The summed E-state index contributed by atoms with van der Waals surface area (Å²) in [5.74, 6) is -0.192. The molecule has 0 aromatic rings. The van der Waals surface area contributed by atoms with Gasteiger partial charge in [-0.2, -0.15) is 0 Å². The highest BCUT2D eigenvalue weighted by molar-refractivity contribution is 5.77. The molecular weight excluding hydrogens is 342 g/mol. The van der Waals surface area contributed by atoms with Crippen molar-refractivity contribution >= 4 is 5.91 Å². The Labute approximate surface area is 154 Å². The molecule has 3 unspecified atom stereocenters. The lowest BCUT2D eigenvalue weighted by Crippen LogP contribution is -2.58. The third kappa shape index (κ3) is 7.56. The van der Waals surface area contributed by atoms with E-state index < -0.39 is 30.7 Å². The molecule has 0 aromatic carbocycles. The summed E-state index contributed by atoms with van der Waals surface area (Å²) in [5, 5.41) is 38.4. The molecule has 1 heterocycles. The van der Waals surface area contributed by atoms with Crippen LogP contribution in [0.25, 0.3) is 0 Å². The van der Waals surface area contributed by atoms with Gasteiger partial charge in [-0.15, -0.1) is 0 Å². The van der Waals surface area contributed by atoms with E-state index in [-0.39, 0.29) is 25.6 Å². The first-order valence-corrected chi connectivity index (χ1v) is 9.11. The monoisotopic (exact) mass is 375 g/mol. The van der Waals surface area contributed by atoms with Crippen molar-refractivity contribution in [1.29, 1.82) is 0 Å². The SMILES string of the molecule is C=C(CNCC(=O)NCCO[C@H]1OC(CCC)[C@@H](O)C(O)C1O)NCC. The van der Waals surface area contributed by atoms with Gasteiger partial charge >= 0.3 is 0 Å². The first-order valence-electron chi connectivity index (χ1n) is 9.11. The second-order valence-electron chi connectivity index (χ2n) is 6.26. The van der Waals surface area contributed by atoms with Gasteiger partial charge in [-0.3, -0.25) is 4.79 Å². The maximum Gasteiger partial charge on any atom is 0.234 e. The Bertz CT molecular complexity index is 437. The Morgan fingerprint density at radius 2 is 1.85 bits per heavy atom. The molecular formula is C17H33N3O6. The fourth-order valence-electron chi connectivity index (χ4n) is 2.64. The molecule has 0 bridgehead atoms. The summed E-state index contributed by atoms with van der Waals surface area (Å²) in [7, 11) is 0. The van der Waals surface area contributed by atoms with Gasteiger partial charge in [0.15, 0.2) is 6.29 Å². The topological polar surface area (TPSA) is 132 Å². The molecule has 1 aliphatic rings. The van der Waals surface area contributed by atoms with E-state index in [0.29, 0.717) is 13.0 Å². The molecule has 1 amide bonds. The van der Waals surface area contributed by atoms with E-state index >= 15 is 0 Å². The standard InChI is InChI=1S/C17H33N3O6/c1-4-6-12-14(22)15(23)16(24)17(26-12)25-8-7-20-13(21)10-18-9-11(3)19-5-2/h12,14-19,22-24H,3-10H2,1-2H3,(H,20,21)/t12?,14-,15?,16?,17+/m1/s1. The third-order valence-electron chi connectivity index (χ3n) is 4.00. The molecule has 152 valence electrons. The van der Waals surface area contributed by atoms with Gasteiger partial charge in [0.1, 0.15) is 18.3 Å².